The fraction of sp³-hybridized carbons (Fsp3) is 0.500. The second-order valence-electron chi connectivity index (χ2n) is 3.35. The first-order chi connectivity index (χ1) is 6.86. The van der Waals surface area contributed by atoms with E-state index >= 15 is 0 Å². The molecule has 0 aliphatic heterocycles. The third-order valence-electron chi connectivity index (χ3n) is 2.06. The molecular formula is C12H19NS. The smallest absolute Gasteiger partial charge is 0.00721 e. The number of likely N-dealkylation sites (N-methyl/N-ethyl adjacent to an activating group) is 1. The lowest BCUT2D eigenvalue weighted by atomic mass is 10.1. The van der Waals surface area contributed by atoms with E-state index in [0.717, 1.165) is 13.0 Å². The highest BCUT2D eigenvalue weighted by Crippen LogP contribution is 2.18. The van der Waals surface area contributed by atoms with E-state index in [4.69, 9.17) is 0 Å². The van der Waals surface area contributed by atoms with Crippen molar-refractivity contribution in [1.82, 2.24) is 5.32 Å². The van der Waals surface area contributed by atoms with E-state index in [1.54, 1.807) is 0 Å². The Labute approximate surface area is 91.3 Å². The molecule has 1 nitrogen and oxygen atoms in total. The number of rotatable bonds is 6. The second kappa shape index (κ2) is 6.91. The van der Waals surface area contributed by atoms with Crippen LogP contribution < -0.4 is 5.32 Å². The van der Waals surface area contributed by atoms with Crippen LogP contribution in [0.2, 0.25) is 0 Å². The molecule has 0 heterocycles. The van der Waals surface area contributed by atoms with Gasteiger partial charge in [-0.3, -0.25) is 0 Å². The van der Waals surface area contributed by atoms with Gasteiger partial charge in [0.05, 0.1) is 0 Å². The molecule has 0 fully saturated rings. The maximum atomic E-state index is 3.16. The van der Waals surface area contributed by atoms with E-state index < -0.39 is 0 Å². The molecule has 0 atom stereocenters. The number of thioether (sulfide) groups is 1. The third-order valence-corrected chi connectivity index (χ3v) is 3.28. The Bertz CT molecular complexity index is 216. The predicted octanol–water partition coefficient (Wildman–Crippen LogP) is 2.95. The topological polar surface area (TPSA) is 12.0 Å². The maximum absolute atomic E-state index is 3.16. The molecule has 0 spiro atoms. The van der Waals surface area contributed by atoms with Crippen LogP contribution in [0.3, 0.4) is 0 Å². The first-order valence-corrected chi connectivity index (χ1v) is 6.21. The average molecular weight is 209 g/mol. The average Bonchev–Trinajstić information content (AvgIpc) is 2.25. The molecule has 0 amide bonds. The van der Waals surface area contributed by atoms with Crippen molar-refractivity contribution in [3.8, 4) is 0 Å². The van der Waals surface area contributed by atoms with Crippen molar-refractivity contribution < 1.29 is 0 Å². The van der Waals surface area contributed by atoms with Crippen LogP contribution in [0.15, 0.2) is 29.2 Å². The van der Waals surface area contributed by atoms with Crippen LogP contribution in [0.1, 0.15) is 18.9 Å². The van der Waals surface area contributed by atoms with E-state index in [1.165, 1.54) is 22.6 Å². The van der Waals surface area contributed by atoms with Gasteiger partial charge in [-0.05, 0) is 49.9 Å². The van der Waals surface area contributed by atoms with Gasteiger partial charge >= 0.3 is 0 Å². The fourth-order valence-corrected chi connectivity index (χ4v) is 2.01. The van der Waals surface area contributed by atoms with Gasteiger partial charge in [-0.2, -0.15) is 0 Å². The van der Waals surface area contributed by atoms with Crippen LogP contribution in [-0.2, 0) is 6.42 Å². The van der Waals surface area contributed by atoms with Crippen LogP contribution in [0.25, 0.3) is 0 Å². The van der Waals surface area contributed by atoms with Crippen molar-refractivity contribution in [3.05, 3.63) is 29.8 Å². The molecular weight excluding hydrogens is 190 g/mol. The summed E-state index contributed by atoms with van der Waals surface area (Å²) in [7, 11) is 1.99. The molecule has 0 radical (unpaired) electrons. The zero-order chi connectivity index (χ0) is 10.2. The SMILES string of the molecule is CCCSc1ccc(CCNC)cc1. The molecule has 0 aromatic heterocycles. The Hall–Kier alpha value is -0.470. The van der Waals surface area contributed by atoms with Gasteiger partial charge < -0.3 is 5.32 Å². The van der Waals surface area contributed by atoms with Crippen molar-refractivity contribution >= 4 is 11.8 Å². The molecule has 0 bridgehead atoms. The minimum absolute atomic E-state index is 1.06. The zero-order valence-corrected chi connectivity index (χ0v) is 9.86. The molecule has 2 heteroatoms. The van der Waals surface area contributed by atoms with E-state index in [1.807, 2.05) is 18.8 Å². The number of hydrogen-bond acceptors (Lipinski definition) is 2. The first-order valence-electron chi connectivity index (χ1n) is 5.23. The molecule has 1 aromatic rings. The van der Waals surface area contributed by atoms with Crippen molar-refractivity contribution in [2.45, 2.75) is 24.7 Å². The number of hydrogen-bond donors (Lipinski definition) is 1. The molecule has 0 saturated carbocycles. The molecule has 0 aliphatic carbocycles. The van der Waals surface area contributed by atoms with Gasteiger partial charge in [-0.1, -0.05) is 19.1 Å². The van der Waals surface area contributed by atoms with E-state index in [-0.39, 0.29) is 0 Å². The van der Waals surface area contributed by atoms with Gasteiger partial charge in [-0.25, -0.2) is 0 Å². The normalized spacial score (nSPS) is 10.4. The predicted molar refractivity (Wildman–Crippen MR) is 65.1 cm³/mol. The lowest BCUT2D eigenvalue weighted by molar-refractivity contribution is 0.791. The summed E-state index contributed by atoms with van der Waals surface area (Å²) in [5, 5.41) is 3.16. The minimum atomic E-state index is 1.06. The van der Waals surface area contributed by atoms with Crippen molar-refractivity contribution in [1.29, 1.82) is 0 Å². The molecule has 1 N–H and O–H groups in total. The highest BCUT2D eigenvalue weighted by Gasteiger charge is 1.94. The molecule has 0 unspecified atom stereocenters. The molecule has 14 heavy (non-hydrogen) atoms. The summed E-state index contributed by atoms with van der Waals surface area (Å²) >= 11 is 1.94. The second-order valence-corrected chi connectivity index (χ2v) is 4.51. The van der Waals surface area contributed by atoms with Gasteiger partial charge in [0.1, 0.15) is 0 Å². The minimum Gasteiger partial charge on any atom is -0.319 e. The summed E-state index contributed by atoms with van der Waals surface area (Å²) in [6, 6.07) is 8.92. The van der Waals surface area contributed by atoms with Crippen LogP contribution in [0.5, 0.6) is 0 Å². The van der Waals surface area contributed by atoms with E-state index in [0.29, 0.717) is 0 Å². The van der Waals surface area contributed by atoms with E-state index in [9.17, 15) is 0 Å². The zero-order valence-electron chi connectivity index (χ0n) is 9.05. The Morgan fingerprint density at radius 1 is 1.21 bits per heavy atom. The van der Waals surface area contributed by atoms with Crippen molar-refractivity contribution in [3.63, 3.8) is 0 Å². The molecule has 0 saturated heterocycles. The summed E-state index contributed by atoms with van der Waals surface area (Å²) in [5.41, 5.74) is 1.42. The summed E-state index contributed by atoms with van der Waals surface area (Å²) in [6.07, 6.45) is 2.36. The van der Waals surface area contributed by atoms with Gasteiger partial charge in [0.2, 0.25) is 0 Å². The summed E-state index contributed by atoms with van der Waals surface area (Å²) in [4.78, 5) is 1.39. The largest absolute Gasteiger partial charge is 0.319 e. The Balaban J connectivity index is 2.42. The van der Waals surface area contributed by atoms with Crippen molar-refractivity contribution in [2.75, 3.05) is 19.3 Å². The first kappa shape index (κ1) is 11.6. The highest BCUT2D eigenvalue weighted by molar-refractivity contribution is 7.99. The van der Waals surface area contributed by atoms with Crippen LogP contribution in [0.4, 0.5) is 0 Å². The molecule has 78 valence electrons. The standard InChI is InChI=1S/C12H19NS/c1-3-10-14-12-6-4-11(5-7-12)8-9-13-2/h4-7,13H,3,8-10H2,1-2H3. The van der Waals surface area contributed by atoms with Gasteiger partial charge in [0.15, 0.2) is 0 Å². The summed E-state index contributed by atoms with van der Waals surface area (Å²) < 4.78 is 0. The van der Waals surface area contributed by atoms with Crippen molar-refractivity contribution in [2.24, 2.45) is 0 Å². The highest BCUT2D eigenvalue weighted by atomic mass is 32.2. The van der Waals surface area contributed by atoms with Gasteiger partial charge in [-0.15, -0.1) is 11.8 Å². The Morgan fingerprint density at radius 2 is 1.93 bits per heavy atom. The molecule has 0 aliphatic rings. The van der Waals surface area contributed by atoms with Gasteiger partial charge in [0, 0.05) is 4.90 Å². The Morgan fingerprint density at radius 3 is 2.50 bits per heavy atom. The third kappa shape index (κ3) is 4.16. The van der Waals surface area contributed by atoms with Gasteiger partial charge in [0.25, 0.3) is 0 Å². The lowest BCUT2D eigenvalue weighted by Gasteiger charge is -2.03. The number of nitrogens with one attached hydrogen (secondary N) is 1. The quantitative estimate of drug-likeness (QED) is 0.723. The monoisotopic (exact) mass is 209 g/mol. The summed E-state index contributed by atoms with van der Waals surface area (Å²) in [6.45, 7) is 3.27. The molecule has 1 aromatic carbocycles. The number of benzene rings is 1. The van der Waals surface area contributed by atoms with Crippen LogP contribution >= 0.6 is 11.8 Å². The lowest BCUT2D eigenvalue weighted by Crippen LogP contribution is -2.10. The fourth-order valence-electron chi connectivity index (χ4n) is 1.24. The Kier molecular flexibility index (Phi) is 5.72. The maximum Gasteiger partial charge on any atom is 0.00721 e. The molecule has 1 rings (SSSR count). The summed E-state index contributed by atoms with van der Waals surface area (Å²) in [5.74, 6) is 1.22. The van der Waals surface area contributed by atoms with Crippen LogP contribution in [0, 0.1) is 0 Å². The van der Waals surface area contributed by atoms with Crippen LogP contribution in [-0.4, -0.2) is 19.3 Å². The van der Waals surface area contributed by atoms with E-state index in [2.05, 4.69) is 36.5 Å².